The molecule has 1 aliphatic rings. The minimum absolute atomic E-state index is 0.169. The molecule has 0 fully saturated rings. The molecule has 134 valence electrons. The minimum atomic E-state index is 0.169. The zero-order valence-corrected chi connectivity index (χ0v) is 16.3. The molecular weight excluding hydrogens is 363 g/mol. The van der Waals surface area contributed by atoms with Gasteiger partial charge in [0.15, 0.2) is 0 Å². The average Bonchev–Trinajstić information content (AvgIpc) is 3.00. The normalized spacial score (nSPS) is 17.7. The van der Waals surface area contributed by atoms with Crippen LogP contribution in [0.3, 0.4) is 0 Å². The first-order chi connectivity index (χ1) is 12.6. The van der Waals surface area contributed by atoms with Crippen LogP contribution in [0.2, 0.25) is 10.0 Å². The predicted molar refractivity (Wildman–Crippen MR) is 109 cm³/mol. The Labute approximate surface area is 165 Å². The third-order valence-corrected chi connectivity index (χ3v) is 5.82. The van der Waals surface area contributed by atoms with Gasteiger partial charge in [-0.2, -0.15) is 0 Å². The Balaban J connectivity index is 1.76. The van der Waals surface area contributed by atoms with Crippen LogP contribution in [0.1, 0.15) is 34.8 Å². The number of hydrogen-bond donors (Lipinski definition) is 0. The molecule has 0 saturated carbocycles. The van der Waals surface area contributed by atoms with Crippen LogP contribution in [0.4, 0.5) is 0 Å². The third-order valence-electron chi connectivity index (χ3n) is 5.08. The van der Waals surface area contributed by atoms with Gasteiger partial charge in [0.2, 0.25) is 0 Å². The second-order valence-corrected chi connectivity index (χ2v) is 7.83. The Kier molecular flexibility index (Phi) is 5.08. The summed E-state index contributed by atoms with van der Waals surface area (Å²) < 4.78 is 2.36. The summed E-state index contributed by atoms with van der Waals surface area (Å²) in [6, 6.07) is 19.3. The fourth-order valence-electron chi connectivity index (χ4n) is 3.92. The second-order valence-electron chi connectivity index (χ2n) is 7.02. The summed E-state index contributed by atoms with van der Waals surface area (Å²) in [5, 5.41) is 1.21. The van der Waals surface area contributed by atoms with Gasteiger partial charge in [0.1, 0.15) is 0 Å². The number of fused-ring (bicyclic) bond motifs is 1. The molecule has 2 aromatic carbocycles. The van der Waals surface area contributed by atoms with E-state index in [1.165, 1.54) is 22.4 Å². The molecule has 26 heavy (non-hydrogen) atoms. The van der Waals surface area contributed by atoms with Crippen LogP contribution in [0, 0.1) is 6.92 Å². The van der Waals surface area contributed by atoms with Gasteiger partial charge in [-0.25, -0.2) is 0 Å². The van der Waals surface area contributed by atoms with Crippen LogP contribution in [-0.2, 0) is 13.1 Å². The van der Waals surface area contributed by atoms with E-state index in [-0.39, 0.29) is 6.04 Å². The lowest BCUT2D eigenvalue weighted by Crippen LogP contribution is -2.29. The molecule has 0 N–H and O–H groups in total. The predicted octanol–water partition coefficient (Wildman–Crippen LogP) is 6.10. The van der Waals surface area contributed by atoms with Gasteiger partial charge < -0.3 is 4.57 Å². The monoisotopic (exact) mass is 384 g/mol. The molecule has 2 heterocycles. The van der Waals surface area contributed by atoms with Crippen molar-refractivity contribution in [1.29, 1.82) is 0 Å². The van der Waals surface area contributed by atoms with Gasteiger partial charge >= 0.3 is 0 Å². The van der Waals surface area contributed by atoms with Gasteiger partial charge in [0.05, 0.1) is 16.1 Å². The highest BCUT2D eigenvalue weighted by Gasteiger charge is 2.27. The van der Waals surface area contributed by atoms with E-state index in [2.05, 4.69) is 65.1 Å². The number of rotatable bonds is 3. The molecule has 0 amide bonds. The van der Waals surface area contributed by atoms with E-state index < -0.39 is 0 Å². The van der Waals surface area contributed by atoms with E-state index in [0.717, 1.165) is 26.1 Å². The molecule has 0 radical (unpaired) electrons. The Morgan fingerprint density at radius 1 is 0.962 bits per heavy atom. The van der Waals surface area contributed by atoms with Gasteiger partial charge in [-0.3, -0.25) is 4.90 Å². The van der Waals surface area contributed by atoms with Gasteiger partial charge in [0.25, 0.3) is 0 Å². The first-order valence-electron chi connectivity index (χ1n) is 9.01. The lowest BCUT2D eigenvalue weighted by molar-refractivity contribution is 0.220. The van der Waals surface area contributed by atoms with Crippen LogP contribution < -0.4 is 0 Å². The Morgan fingerprint density at radius 3 is 2.65 bits per heavy atom. The summed E-state index contributed by atoms with van der Waals surface area (Å²) in [5.41, 5.74) is 5.14. The third kappa shape index (κ3) is 3.55. The summed E-state index contributed by atoms with van der Waals surface area (Å²) >= 11 is 12.5. The topological polar surface area (TPSA) is 8.17 Å². The van der Waals surface area contributed by atoms with Crippen molar-refractivity contribution in [3.8, 4) is 0 Å². The fraction of sp³-hybridized carbons (Fsp3) is 0.273. The summed E-state index contributed by atoms with van der Waals surface area (Å²) in [5.74, 6) is 0. The maximum absolute atomic E-state index is 6.35. The molecule has 0 aliphatic carbocycles. The van der Waals surface area contributed by atoms with Crippen LogP contribution in [0.25, 0.3) is 0 Å². The number of aryl methyl sites for hydroxylation is 2. The van der Waals surface area contributed by atoms with Crippen LogP contribution in [-0.4, -0.2) is 16.0 Å². The number of benzene rings is 2. The summed E-state index contributed by atoms with van der Waals surface area (Å²) in [7, 11) is 0. The van der Waals surface area contributed by atoms with Crippen molar-refractivity contribution in [1.82, 2.24) is 9.47 Å². The summed E-state index contributed by atoms with van der Waals surface area (Å²) in [6.07, 6.45) is 3.31. The van der Waals surface area contributed by atoms with Crippen molar-refractivity contribution in [2.75, 3.05) is 6.54 Å². The SMILES string of the molecule is Cc1cccc(CN2CCCn3cccc3[C@@H]2c2ccc(Cl)c(Cl)c2)c1. The van der Waals surface area contributed by atoms with Gasteiger partial charge in [-0.05, 0) is 48.7 Å². The van der Waals surface area contributed by atoms with Crippen molar-refractivity contribution in [3.05, 3.63) is 93.2 Å². The average molecular weight is 385 g/mol. The maximum atomic E-state index is 6.35. The molecule has 0 spiro atoms. The number of nitrogens with zero attached hydrogens (tertiary/aromatic N) is 2. The molecule has 0 saturated heterocycles. The van der Waals surface area contributed by atoms with Crippen molar-refractivity contribution in [2.45, 2.75) is 32.5 Å². The number of aromatic nitrogens is 1. The van der Waals surface area contributed by atoms with Crippen LogP contribution in [0.5, 0.6) is 0 Å². The van der Waals surface area contributed by atoms with E-state index >= 15 is 0 Å². The molecule has 2 nitrogen and oxygen atoms in total. The van der Waals surface area contributed by atoms with E-state index in [9.17, 15) is 0 Å². The highest BCUT2D eigenvalue weighted by molar-refractivity contribution is 6.42. The first-order valence-corrected chi connectivity index (χ1v) is 9.77. The molecule has 0 bridgehead atoms. The van der Waals surface area contributed by atoms with Crippen molar-refractivity contribution < 1.29 is 0 Å². The standard InChI is InChI=1S/C22H22Cl2N2/c1-16-5-2-6-17(13-16)15-26-12-4-11-25-10-3-7-21(25)22(26)18-8-9-19(23)20(24)14-18/h2-3,5-10,13-14,22H,4,11-12,15H2,1H3/t22-/m0/s1. The zero-order valence-electron chi connectivity index (χ0n) is 14.8. The molecule has 3 aromatic rings. The molecule has 4 rings (SSSR count). The van der Waals surface area contributed by atoms with Crippen molar-refractivity contribution >= 4 is 23.2 Å². The highest BCUT2D eigenvalue weighted by Crippen LogP contribution is 2.35. The quantitative estimate of drug-likeness (QED) is 0.529. The first kappa shape index (κ1) is 17.7. The largest absolute Gasteiger partial charge is 0.350 e. The Morgan fingerprint density at radius 2 is 1.85 bits per heavy atom. The lowest BCUT2D eigenvalue weighted by atomic mass is 10.0. The maximum Gasteiger partial charge on any atom is 0.0759 e. The smallest absolute Gasteiger partial charge is 0.0759 e. The Bertz CT molecular complexity index is 916. The molecule has 4 heteroatoms. The summed E-state index contributed by atoms with van der Waals surface area (Å²) in [6.45, 7) is 5.15. The molecule has 1 atom stereocenters. The van der Waals surface area contributed by atoms with Gasteiger partial charge in [-0.15, -0.1) is 0 Å². The molecule has 1 aliphatic heterocycles. The minimum Gasteiger partial charge on any atom is -0.350 e. The van der Waals surface area contributed by atoms with E-state index in [4.69, 9.17) is 23.2 Å². The highest BCUT2D eigenvalue weighted by atomic mass is 35.5. The van der Waals surface area contributed by atoms with Crippen molar-refractivity contribution in [2.24, 2.45) is 0 Å². The van der Waals surface area contributed by atoms with Crippen LogP contribution >= 0.6 is 23.2 Å². The molecular formula is C22H22Cl2N2. The van der Waals surface area contributed by atoms with Gasteiger partial charge in [0, 0.05) is 31.5 Å². The van der Waals surface area contributed by atoms with Gasteiger partial charge in [-0.1, -0.05) is 59.1 Å². The van der Waals surface area contributed by atoms with Crippen LogP contribution in [0.15, 0.2) is 60.8 Å². The summed E-state index contributed by atoms with van der Waals surface area (Å²) in [4.78, 5) is 2.55. The number of halogens is 2. The molecule has 1 aromatic heterocycles. The lowest BCUT2D eigenvalue weighted by Gasteiger charge is -2.31. The second kappa shape index (κ2) is 7.48. The van der Waals surface area contributed by atoms with E-state index in [1.54, 1.807) is 0 Å². The van der Waals surface area contributed by atoms with E-state index in [0.29, 0.717) is 10.0 Å². The molecule has 0 unspecified atom stereocenters. The van der Waals surface area contributed by atoms with Crippen molar-refractivity contribution in [3.63, 3.8) is 0 Å². The Hall–Kier alpha value is -1.74. The zero-order chi connectivity index (χ0) is 18.1. The number of hydrogen-bond acceptors (Lipinski definition) is 1. The fourth-order valence-corrected chi connectivity index (χ4v) is 4.23. The van der Waals surface area contributed by atoms with E-state index in [1.807, 2.05) is 12.1 Å².